The number of carbonyl (C=O) groups is 1. The lowest BCUT2D eigenvalue weighted by atomic mass is 10.0. The lowest BCUT2D eigenvalue weighted by molar-refractivity contribution is -0.141. The second kappa shape index (κ2) is 7.86. The molecule has 0 bridgehead atoms. The zero-order valence-corrected chi connectivity index (χ0v) is 16.9. The molecule has 33 heavy (non-hydrogen) atoms. The van der Waals surface area contributed by atoms with E-state index in [0.717, 1.165) is 23.1 Å². The van der Waals surface area contributed by atoms with Gasteiger partial charge in [0.15, 0.2) is 11.5 Å². The Kier molecular flexibility index (Phi) is 5.42. The molecule has 176 valence electrons. The molecule has 1 aliphatic rings. The Hall–Kier alpha value is -3.42. The lowest BCUT2D eigenvalue weighted by Crippen LogP contribution is -2.40. The van der Waals surface area contributed by atoms with Crippen LogP contribution in [0.5, 0.6) is 0 Å². The molecule has 1 saturated heterocycles. The van der Waals surface area contributed by atoms with Crippen LogP contribution in [0.3, 0.4) is 0 Å². The molecule has 2 atom stereocenters. The number of nitrogens with zero attached hydrogens (tertiary/aromatic N) is 4. The molecule has 8 nitrogen and oxygen atoms in total. The van der Waals surface area contributed by atoms with Crippen LogP contribution in [0.2, 0.25) is 0 Å². The van der Waals surface area contributed by atoms with E-state index in [4.69, 9.17) is 5.73 Å². The van der Waals surface area contributed by atoms with E-state index >= 15 is 0 Å². The monoisotopic (exact) mass is 473 g/mol. The number of aromatic nitrogens is 4. The summed E-state index contributed by atoms with van der Waals surface area (Å²) in [5, 5.41) is 9.31. The highest BCUT2D eigenvalue weighted by atomic mass is 19.4. The molecule has 0 aliphatic carbocycles. The molecule has 4 rings (SSSR count). The predicted molar refractivity (Wildman–Crippen MR) is 104 cm³/mol. The van der Waals surface area contributed by atoms with Gasteiger partial charge in [-0.15, -0.1) is 0 Å². The Balaban J connectivity index is 1.86. The fraction of sp³-hybridized carbons (Fsp3) is 0.368. The zero-order valence-electron chi connectivity index (χ0n) is 16.9. The van der Waals surface area contributed by atoms with Gasteiger partial charge in [0.05, 0.1) is 16.8 Å². The zero-order chi connectivity index (χ0) is 24.1. The number of amides is 1. The highest BCUT2D eigenvalue weighted by Crippen LogP contribution is 2.39. The van der Waals surface area contributed by atoms with Gasteiger partial charge in [-0.05, 0) is 24.6 Å². The van der Waals surface area contributed by atoms with Crippen molar-refractivity contribution in [2.45, 2.75) is 25.3 Å². The van der Waals surface area contributed by atoms with Gasteiger partial charge in [-0.3, -0.25) is 9.78 Å². The van der Waals surface area contributed by atoms with E-state index in [1.165, 1.54) is 0 Å². The molecule has 2 unspecified atom stereocenters. The maximum atomic E-state index is 13.6. The number of carbonyl (C=O) groups excluding carboxylic acids is 1. The summed E-state index contributed by atoms with van der Waals surface area (Å²) in [7, 11) is 0. The van der Waals surface area contributed by atoms with Crippen LogP contribution < -0.4 is 16.4 Å². The quantitative estimate of drug-likeness (QED) is 0.505. The number of nitrogen functional groups attached to an aromatic ring is 1. The van der Waals surface area contributed by atoms with Crippen LogP contribution in [0.4, 0.5) is 32.2 Å². The van der Waals surface area contributed by atoms with E-state index in [1.54, 1.807) is 0 Å². The van der Waals surface area contributed by atoms with E-state index < -0.39 is 52.5 Å². The van der Waals surface area contributed by atoms with Crippen molar-refractivity contribution in [3.8, 4) is 11.3 Å². The van der Waals surface area contributed by atoms with Gasteiger partial charge in [-0.25, -0.2) is 9.50 Å². The molecule has 0 radical (unpaired) electrons. The summed E-state index contributed by atoms with van der Waals surface area (Å²) < 4.78 is 82.1. The van der Waals surface area contributed by atoms with Crippen molar-refractivity contribution >= 4 is 17.2 Å². The van der Waals surface area contributed by atoms with Crippen LogP contribution in [-0.4, -0.2) is 44.6 Å². The molecular formula is C19H17F6N7O. The number of anilines is 1. The topological polar surface area (TPSA) is 110 Å². The Morgan fingerprint density at radius 3 is 2.48 bits per heavy atom. The number of pyridine rings is 1. The smallest absolute Gasteiger partial charge is 0.382 e. The van der Waals surface area contributed by atoms with E-state index in [2.05, 4.69) is 25.7 Å². The first-order chi connectivity index (χ1) is 15.4. The summed E-state index contributed by atoms with van der Waals surface area (Å²) in [4.78, 5) is 19.7. The number of halogens is 6. The number of fused-ring (bicyclic) bond motifs is 1. The van der Waals surface area contributed by atoms with Crippen LogP contribution >= 0.6 is 0 Å². The largest absolute Gasteiger partial charge is 0.434 e. The number of hydrogen-bond donors (Lipinski definition) is 3. The van der Waals surface area contributed by atoms with Gasteiger partial charge in [0.25, 0.3) is 5.91 Å². The third-order valence-electron chi connectivity index (χ3n) is 5.42. The van der Waals surface area contributed by atoms with Gasteiger partial charge in [0, 0.05) is 24.3 Å². The third-order valence-corrected chi connectivity index (χ3v) is 5.42. The average Bonchev–Trinajstić information content (AvgIpc) is 3.31. The van der Waals surface area contributed by atoms with Gasteiger partial charge in [0.2, 0.25) is 0 Å². The number of nitrogens with two attached hydrogens (primary N) is 1. The average molecular weight is 473 g/mol. The highest BCUT2D eigenvalue weighted by Gasteiger charge is 2.40. The minimum Gasteiger partial charge on any atom is -0.382 e. The first-order valence-electron chi connectivity index (χ1n) is 9.66. The van der Waals surface area contributed by atoms with Crippen molar-refractivity contribution in [3.05, 3.63) is 41.5 Å². The molecular weight excluding hydrogens is 456 g/mol. The minimum absolute atomic E-state index is 0.0250. The molecule has 4 N–H and O–H groups in total. The van der Waals surface area contributed by atoms with Crippen molar-refractivity contribution < 1.29 is 31.1 Å². The van der Waals surface area contributed by atoms with Gasteiger partial charge in [-0.1, -0.05) is 6.92 Å². The molecule has 1 fully saturated rings. The van der Waals surface area contributed by atoms with Crippen molar-refractivity contribution in [2.75, 3.05) is 18.8 Å². The molecule has 4 heterocycles. The van der Waals surface area contributed by atoms with E-state index in [0.29, 0.717) is 19.2 Å². The number of rotatable bonds is 3. The van der Waals surface area contributed by atoms with Crippen LogP contribution in [0.15, 0.2) is 24.7 Å². The molecule has 0 aromatic carbocycles. The van der Waals surface area contributed by atoms with Crippen LogP contribution in [0, 0.1) is 5.92 Å². The molecule has 1 amide bonds. The third kappa shape index (κ3) is 4.17. The fourth-order valence-electron chi connectivity index (χ4n) is 3.74. The Morgan fingerprint density at radius 1 is 1.15 bits per heavy atom. The van der Waals surface area contributed by atoms with Crippen LogP contribution in [0.25, 0.3) is 16.8 Å². The molecule has 1 aliphatic heterocycles. The maximum Gasteiger partial charge on any atom is 0.434 e. The first kappa shape index (κ1) is 22.8. The summed E-state index contributed by atoms with van der Waals surface area (Å²) in [5.74, 6) is -1.53. The molecule has 0 saturated carbocycles. The Morgan fingerprint density at radius 2 is 1.88 bits per heavy atom. The predicted octanol–water partition coefficient (Wildman–Crippen LogP) is 2.75. The van der Waals surface area contributed by atoms with Gasteiger partial charge >= 0.3 is 12.4 Å². The van der Waals surface area contributed by atoms with E-state index in [1.807, 2.05) is 6.92 Å². The van der Waals surface area contributed by atoms with Crippen LogP contribution in [-0.2, 0) is 12.4 Å². The normalized spacial score (nSPS) is 19.2. The number of hydrogen-bond acceptors (Lipinski definition) is 6. The summed E-state index contributed by atoms with van der Waals surface area (Å²) in [5.41, 5.74) is 1.17. The standard InChI is InChI=1S/C19H17F6N7O/c1-8-4-27-6-12(8)31-17(33)10-2-9(5-28-15(10)19(23,24)25)13-3-11(18(20,21)22)14-16(26)29-7-30-32(13)14/h2-3,5,7-8,12,27H,4,6H2,1H3,(H,31,33)(H2,26,29,30). The van der Waals surface area contributed by atoms with Crippen molar-refractivity contribution in [1.82, 2.24) is 30.2 Å². The summed E-state index contributed by atoms with van der Waals surface area (Å²) in [6.45, 7) is 2.77. The maximum absolute atomic E-state index is 13.6. The van der Waals surface area contributed by atoms with Crippen molar-refractivity contribution in [2.24, 2.45) is 5.92 Å². The summed E-state index contributed by atoms with van der Waals surface area (Å²) in [6, 6.07) is 1.11. The van der Waals surface area contributed by atoms with E-state index in [9.17, 15) is 31.1 Å². The molecule has 3 aromatic rings. The summed E-state index contributed by atoms with van der Waals surface area (Å²) in [6.07, 6.45) is -8.16. The van der Waals surface area contributed by atoms with Crippen LogP contribution in [0.1, 0.15) is 28.5 Å². The molecule has 0 spiro atoms. The lowest BCUT2D eigenvalue weighted by Gasteiger charge is -2.18. The van der Waals surface area contributed by atoms with E-state index in [-0.39, 0.29) is 17.2 Å². The highest BCUT2D eigenvalue weighted by molar-refractivity contribution is 5.97. The number of alkyl halides is 6. The van der Waals surface area contributed by atoms with Gasteiger partial charge in [0.1, 0.15) is 11.8 Å². The first-order valence-corrected chi connectivity index (χ1v) is 9.66. The Bertz CT molecular complexity index is 1220. The van der Waals surface area contributed by atoms with Gasteiger partial charge in [-0.2, -0.15) is 31.4 Å². The summed E-state index contributed by atoms with van der Waals surface area (Å²) >= 11 is 0. The fourth-order valence-corrected chi connectivity index (χ4v) is 3.74. The second-order valence-electron chi connectivity index (χ2n) is 7.68. The molecule has 3 aromatic heterocycles. The van der Waals surface area contributed by atoms with Gasteiger partial charge < -0.3 is 16.4 Å². The van der Waals surface area contributed by atoms with Crippen molar-refractivity contribution in [3.63, 3.8) is 0 Å². The SMILES string of the molecule is CC1CNCC1NC(=O)c1cc(-c2cc(C(F)(F)F)c3c(N)ncnn23)cnc1C(F)(F)F. The molecule has 14 heteroatoms. The van der Waals surface area contributed by atoms with Crippen molar-refractivity contribution in [1.29, 1.82) is 0 Å². The number of nitrogens with one attached hydrogen (secondary N) is 2. The minimum atomic E-state index is -4.96. The Labute approximate surface area is 182 Å². The second-order valence-corrected chi connectivity index (χ2v) is 7.68.